The van der Waals surface area contributed by atoms with E-state index in [-0.39, 0.29) is 23.5 Å². The number of carbonyl (C=O) groups excluding carboxylic acids is 2. The van der Waals surface area contributed by atoms with Crippen LogP contribution in [0.4, 0.5) is 4.39 Å². The third-order valence-electron chi connectivity index (χ3n) is 3.91. The first kappa shape index (κ1) is 15.5. The highest BCUT2D eigenvalue weighted by Gasteiger charge is 2.27. The molecule has 2 amide bonds. The fourth-order valence-electron chi connectivity index (χ4n) is 2.62. The summed E-state index contributed by atoms with van der Waals surface area (Å²) in [6, 6.07) is 4.41. The maximum absolute atomic E-state index is 13.2. The van der Waals surface area contributed by atoms with E-state index >= 15 is 0 Å². The van der Waals surface area contributed by atoms with Crippen molar-refractivity contribution in [3.8, 4) is 0 Å². The molecule has 1 aromatic carbocycles. The van der Waals surface area contributed by atoms with Crippen LogP contribution in [0, 0.1) is 18.7 Å². The molecule has 1 aliphatic heterocycles. The van der Waals surface area contributed by atoms with E-state index in [0.717, 1.165) is 0 Å². The van der Waals surface area contributed by atoms with E-state index in [1.54, 1.807) is 17.9 Å². The lowest BCUT2D eigenvalue weighted by Crippen LogP contribution is -2.43. The van der Waals surface area contributed by atoms with Gasteiger partial charge in [0.2, 0.25) is 5.91 Å². The minimum Gasteiger partial charge on any atom is -0.356 e. The van der Waals surface area contributed by atoms with Crippen molar-refractivity contribution in [1.82, 2.24) is 10.2 Å². The summed E-state index contributed by atoms with van der Waals surface area (Å²) >= 11 is 0. The summed E-state index contributed by atoms with van der Waals surface area (Å²) in [5.41, 5.74) is 0.975. The van der Waals surface area contributed by atoms with Crippen molar-refractivity contribution in [3.63, 3.8) is 0 Å². The van der Waals surface area contributed by atoms with Crippen molar-refractivity contribution < 1.29 is 14.0 Å². The van der Waals surface area contributed by atoms with Gasteiger partial charge in [0.05, 0.1) is 0 Å². The Kier molecular flexibility index (Phi) is 4.94. The predicted molar refractivity (Wildman–Crippen MR) is 78.4 cm³/mol. The van der Waals surface area contributed by atoms with Gasteiger partial charge in [0.15, 0.2) is 0 Å². The van der Waals surface area contributed by atoms with Crippen LogP contribution in [0.25, 0.3) is 0 Å². The number of piperidine rings is 1. The smallest absolute Gasteiger partial charge is 0.253 e. The van der Waals surface area contributed by atoms with Crippen molar-refractivity contribution in [2.75, 3.05) is 19.6 Å². The zero-order valence-electron chi connectivity index (χ0n) is 12.5. The number of rotatable bonds is 3. The van der Waals surface area contributed by atoms with Crippen LogP contribution < -0.4 is 5.32 Å². The molecule has 1 saturated heterocycles. The van der Waals surface area contributed by atoms with Crippen molar-refractivity contribution in [3.05, 3.63) is 35.1 Å². The molecule has 0 aliphatic carbocycles. The maximum atomic E-state index is 13.2. The van der Waals surface area contributed by atoms with Crippen molar-refractivity contribution in [2.24, 2.45) is 5.92 Å². The molecule has 1 N–H and O–H groups in total. The molecule has 1 heterocycles. The van der Waals surface area contributed by atoms with Crippen LogP contribution in [0.2, 0.25) is 0 Å². The largest absolute Gasteiger partial charge is 0.356 e. The average Bonchev–Trinajstić information content (AvgIpc) is 2.50. The van der Waals surface area contributed by atoms with Crippen LogP contribution in [-0.4, -0.2) is 36.3 Å². The van der Waals surface area contributed by atoms with Gasteiger partial charge in [-0.15, -0.1) is 0 Å². The van der Waals surface area contributed by atoms with Gasteiger partial charge in [-0.1, -0.05) is 0 Å². The number of halogens is 1. The Bertz CT molecular complexity index is 537. The zero-order chi connectivity index (χ0) is 15.4. The first-order valence-electron chi connectivity index (χ1n) is 7.36. The Morgan fingerprint density at radius 2 is 2.00 bits per heavy atom. The van der Waals surface area contributed by atoms with Gasteiger partial charge in [0.1, 0.15) is 5.82 Å². The predicted octanol–water partition coefficient (Wildman–Crippen LogP) is 2.12. The molecule has 2 rings (SSSR count). The second-order valence-corrected chi connectivity index (χ2v) is 5.43. The molecule has 0 atom stereocenters. The van der Waals surface area contributed by atoms with Gasteiger partial charge in [0, 0.05) is 31.1 Å². The number of likely N-dealkylation sites (tertiary alicyclic amines) is 1. The molecular formula is C16H21FN2O2. The second kappa shape index (κ2) is 6.70. The Balaban J connectivity index is 1.97. The van der Waals surface area contributed by atoms with E-state index in [1.165, 1.54) is 12.1 Å². The standard InChI is InChI=1S/C16H21FN2O2/c1-3-18-15(20)12-6-8-19(9-7-12)16(21)13-4-5-14(17)11(2)10-13/h4-5,10,12H,3,6-9H2,1-2H3,(H,18,20). The van der Waals surface area contributed by atoms with Crippen LogP contribution in [0.5, 0.6) is 0 Å². The van der Waals surface area contributed by atoms with E-state index in [0.29, 0.717) is 43.6 Å². The molecule has 0 saturated carbocycles. The lowest BCUT2D eigenvalue weighted by molar-refractivity contribution is -0.126. The Morgan fingerprint density at radius 1 is 1.33 bits per heavy atom. The molecule has 0 bridgehead atoms. The first-order chi connectivity index (χ1) is 10.0. The summed E-state index contributed by atoms with van der Waals surface area (Å²) in [6.45, 7) is 5.31. The number of nitrogens with one attached hydrogen (secondary N) is 1. The minimum absolute atomic E-state index is 0.0102. The highest BCUT2D eigenvalue weighted by atomic mass is 19.1. The van der Waals surface area contributed by atoms with Crippen LogP contribution in [0.1, 0.15) is 35.7 Å². The van der Waals surface area contributed by atoms with E-state index in [9.17, 15) is 14.0 Å². The van der Waals surface area contributed by atoms with Gasteiger partial charge < -0.3 is 10.2 Å². The van der Waals surface area contributed by atoms with Gasteiger partial charge in [-0.25, -0.2) is 4.39 Å². The topological polar surface area (TPSA) is 49.4 Å². The summed E-state index contributed by atoms with van der Waals surface area (Å²) < 4.78 is 13.2. The molecule has 1 aromatic rings. The third kappa shape index (κ3) is 3.60. The summed E-state index contributed by atoms with van der Waals surface area (Å²) in [7, 11) is 0. The van der Waals surface area contributed by atoms with Gasteiger partial charge in [0.25, 0.3) is 5.91 Å². The molecule has 1 fully saturated rings. The molecule has 4 nitrogen and oxygen atoms in total. The molecule has 0 unspecified atom stereocenters. The van der Waals surface area contributed by atoms with Gasteiger partial charge >= 0.3 is 0 Å². The van der Waals surface area contributed by atoms with E-state index in [2.05, 4.69) is 5.32 Å². The Labute approximate surface area is 124 Å². The SMILES string of the molecule is CCNC(=O)C1CCN(C(=O)c2ccc(F)c(C)c2)CC1. The quantitative estimate of drug-likeness (QED) is 0.927. The van der Waals surface area contributed by atoms with Crippen LogP contribution >= 0.6 is 0 Å². The number of benzene rings is 1. The molecule has 114 valence electrons. The molecule has 0 aromatic heterocycles. The number of aryl methyl sites for hydroxylation is 1. The number of hydrogen-bond donors (Lipinski definition) is 1. The molecule has 0 radical (unpaired) electrons. The highest BCUT2D eigenvalue weighted by Crippen LogP contribution is 2.20. The molecular weight excluding hydrogens is 271 g/mol. The fourth-order valence-corrected chi connectivity index (χ4v) is 2.62. The molecule has 5 heteroatoms. The molecule has 0 spiro atoms. The fraction of sp³-hybridized carbons (Fsp3) is 0.500. The summed E-state index contributed by atoms with van der Waals surface area (Å²) in [4.78, 5) is 25.9. The van der Waals surface area contributed by atoms with Gasteiger partial charge in [-0.2, -0.15) is 0 Å². The maximum Gasteiger partial charge on any atom is 0.253 e. The van der Waals surface area contributed by atoms with Crippen LogP contribution in [-0.2, 0) is 4.79 Å². The third-order valence-corrected chi connectivity index (χ3v) is 3.91. The summed E-state index contributed by atoms with van der Waals surface area (Å²) in [5, 5.41) is 2.82. The van der Waals surface area contributed by atoms with Crippen molar-refractivity contribution in [2.45, 2.75) is 26.7 Å². The van der Waals surface area contributed by atoms with Crippen molar-refractivity contribution >= 4 is 11.8 Å². The highest BCUT2D eigenvalue weighted by molar-refractivity contribution is 5.94. The number of hydrogen-bond acceptors (Lipinski definition) is 2. The molecule has 1 aliphatic rings. The van der Waals surface area contributed by atoms with Crippen LogP contribution in [0.3, 0.4) is 0 Å². The Morgan fingerprint density at radius 3 is 2.57 bits per heavy atom. The van der Waals surface area contributed by atoms with Gasteiger partial charge in [-0.3, -0.25) is 9.59 Å². The summed E-state index contributed by atoms with van der Waals surface area (Å²) in [5.74, 6) is -0.333. The number of nitrogens with zero attached hydrogens (tertiary/aromatic N) is 1. The zero-order valence-corrected chi connectivity index (χ0v) is 12.5. The minimum atomic E-state index is -0.304. The van der Waals surface area contributed by atoms with E-state index in [1.807, 2.05) is 6.92 Å². The van der Waals surface area contributed by atoms with E-state index < -0.39 is 0 Å². The van der Waals surface area contributed by atoms with E-state index in [4.69, 9.17) is 0 Å². The van der Waals surface area contributed by atoms with Crippen LogP contribution in [0.15, 0.2) is 18.2 Å². The van der Waals surface area contributed by atoms with Crippen molar-refractivity contribution in [1.29, 1.82) is 0 Å². The number of carbonyl (C=O) groups is 2. The lowest BCUT2D eigenvalue weighted by atomic mass is 9.95. The lowest BCUT2D eigenvalue weighted by Gasteiger charge is -2.31. The van der Waals surface area contributed by atoms with Gasteiger partial charge in [-0.05, 0) is 50.5 Å². The number of amides is 2. The second-order valence-electron chi connectivity index (χ2n) is 5.43. The molecule has 21 heavy (non-hydrogen) atoms. The summed E-state index contributed by atoms with van der Waals surface area (Å²) in [6.07, 6.45) is 1.36. The Hall–Kier alpha value is -1.91. The normalized spacial score (nSPS) is 15.9. The average molecular weight is 292 g/mol. The monoisotopic (exact) mass is 292 g/mol. The first-order valence-corrected chi connectivity index (χ1v) is 7.36.